The number of benzene rings is 2. The first-order valence-corrected chi connectivity index (χ1v) is 5.81. The maximum atomic E-state index is 9.55. The molecule has 0 aliphatic rings. The van der Waals surface area contributed by atoms with E-state index in [-0.39, 0.29) is 11.5 Å². The second-order valence-electron chi connectivity index (χ2n) is 3.89. The molecule has 2 aromatic rings. The average Bonchev–Trinajstić information content (AvgIpc) is 2.38. The molecule has 0 heterocycles. The number of phenols is 2. The van der Waals surface area contributed by atoms with Crippen molar-refractivity contribution in [3.8, 4) is 11.5 Å². The van der Waals surface area contributed by atoms with Gasteiger partial charge < -0.3 is 20.8 Å². The molecule has 2 aromatic carbocycles. The lowest BCUT2D eigenvalue weighted by Gasteiger charge is -2.10. The number of hydrogen-bond acceptors (Lipinski definition) is 4. The molecule has 4 nitrogen and oxygen atoms in total. The van der Waals surface area contributed by atoms with Crippen LogP contribution in [0.3, 0.4) is 0 Å². The van der Waals surface area contributed by atoms with Crippen LogP contribution < -0.4 is 10.6 Å². The monoisotopic (exact) mass is 244 g/mol. The van der Waals surface area contributed by atoms with Gasteiger partial charge in [0.05, 0.1) is 11.4 Å². The van der Waals surface area contributed by atoms with Gasteiger partial charge in [0.1, 0.15) is 11.5 Å². The molecular formula is C14H16N2O2. The molecular weight excluding hydrogens is 228 g/mol. The Hall–Kier alpha value is -2.36. The fourth-order valence-corrected chi connectivity index (χ4v) is 1.64. The topological polar surface area (TPSA) is 64.5 Å². The summed E-state index contributed by atoms with van der Waals surface area (Å²) in [4.78, 5) is 0. The standard InChI is InChI=1S/C14H16N2O2/c17-13-7-3-1-5-11(13)15-9-10-16-12-6-2-4-8-14(12)18/h1-8,15-18H,9-10H2. The van der Waals surface area contributed by atoms with E-state index < -0.39 is 0 Å². The molecule has 0 fully saturated rings. The molecule has 0 radical (unpaired) electrons. The van der Waals surface area contributed by atoms with E-state index >= 15 is 0 Å². The van der Waals surface area contributed by atoms with Crippen LogP contribution in [0.2, 0.25) is 0 Å². The van der Waals surface area contributed by atoms with Gasteiger partial charge in [0, 0.05) is 13.1 Å². The summed E-state index contributed by atoms with van der Waals surface area (Å²) in [6.07, 6.45) is 0. The van der Waals surface area contributed by atoms with E-state index in [1.165, 1.54) is 0 Å². The first-order chi connectivity index (χ1) is 8.77. The summed E-state index contributed by atoms with van der Waals surface area (Å²) >= 11 is 0. The van der Waals surface area contributed by atoms with Gasteiger partial charge in [-0.05, 0) is 24.3 Å². The molecule has 4 N–H and O–H groups in total. The molecule has 0 spiro atoms. The van der Waals surface area contributed by atoms with E-state index in [2.05, 4.69) is 10.6 Å². The zero-order valence-electron chi connectivity index (χ0n) is 9.93. The van der Waals surface area contributed by atoms with Crippen LogP contribution in [0.1, 0.15) is 0 Å². The number of nitrogens with one attached hydrogen (secondary N) is 2. The molecule has 0 unspecified atom stereocenters. The normalized spacial score (nSPS) is 10.0. The molecule has 0 aliphatic heterocycles. The summed E-state index contributed by atoms with van der Waals surface area (Å²) in [6.45, 7) is 1.29. The lowest BCUT2D eigenvalue weighted by atomic mass is 10.3. The minimum Gasteiger partial charge on any atom is -0.506 e. The Labute approximate surface area is 106 Å². The molecule has 0 amide bonds. The summed E-state index contributed by atoms with van der Waals surface area (Å²) in [5.74, 6) is 0.472. The third kappa shape index (κ3) is 3.07. The van der Waals surface area contributed by atoms with Crippen LogP contribution >= 0.6 is 0 Å². The van der Waals surface area contributed by atoms with Crippen molar-refractivity contribution in [3.63, 3.8) is 0 Å². The highest BCUT2D eigenvalue weighted by Crippen LogP contribution is 2.22. The van der Waals surface area contributed by atoms with E-state index in [0.29, 0.717) is 24.5 Å². The third-order valence-electron chi connectivity index (χ3n) is 2.56. The van der Waals surface area contributed by atoms with Gasteiger partial charge in [0.2, 0.25) is 0 Å². The van der Waals surface area contributed by atoms with Gasteiger partial charge in [0.25, 0.3) is 0 Å². The Morgan fingerprint density at radius 2 is 1.06 bits per heavy atom. The van der Waals surface area contributed by atoms with E-state index in [0.717, 1.165) is 0 Å². The van der Waals surface area contributed by atoms with Crippen molar-refractivity contribution in [3.05, 3.63) is 48.5 Å². The summed E-state index contributed by atoms with van der Waals surface area (Å²) in [7, 11) is 0. The van der Waals surface area contributed by atoms with Gasteiger partial charge in [-0.25, -0.2) is 0 Å². The van der Waals surface area contributed by atoms with Crippen LogP contribution in [0.4, 0.5) is 11.4 Å². The van der Waals surface area contributed by atoms with Crippen molar-refractivity contribution in [1.82, 2.24) is 0 Å². The van der Waals surface area contributed by atoms with E-state index in [9.17, 15) is 10.2 Å². The lowest BCUT2D eigenvalue weighted by Crippen LogP contribution is -2.13. The molecule has 0 saturated carbocycles. The molecule has 0 aromatic heterocycles. The van der Waals surface area contributed by atoms with Crippen LogP contribution in [-0.4, -0.2) is 23.3 Å². The fourth-order valence-electron chi connectivity index (χ4n) is 1.64. The van der Waals surface area contributed by atoms with Crippen LogP contribution in [0.15, 0.2) is 48.5 Å². The van der Waals surface area contributed by atoms with Gasteiger partial charge in [-0.2, -0.15) is 0 Å². The fraction of sp³-hybridized carbons (Fsp3) is 0.143. The Morgan fingerprint density at radius 3 is 1.44 bits per heavy atom. The highest BCUT2D eigenvalue weighted by molar-refractivity contribution is 5.57. The lowest BCUT2D eigenvalue weighted by molar-refractivity contribution is 0.476. The van der Waals surface area contributed by atoms with Crippen molar-refractivity contribution >= 4 is 11.4 Å². The van der Waals surface area contributed by atoms with E-state index in [4.69, 9.17) is 0 Å². The molecule has 0 bridgehead atoms. The summed E-state index contributed by atoms with van der Waals surface area (Å²) in [6, 6.07) is 14.2. The van der Waals surface area contributed by atoms with E-state index in [1.54, 1.807) is 24.3 Å². The second-order valence-corrected chi connectivity index (χ2v) is 3.89. The average molecular weight is 244 g/mol. The van der Waals surface area contributed by atoms with Crippen molar-refractivity contribution in [2.24, 2.45) is 0 Å². The molecule has 4 heteroatoms. The highest BCUT2D eigenvalue weighted by Gasteiger charge is 1.99. The number of rotatable bonds is 5. The summed E-state index contributed by atoms with van der Waals surface area (Å²) < 4.78 is 0. The van der Waals surface area contributed by atoms with E-state index in [1.807, 2.05) is 24.3 Å². The number of aromatic hydroxyl groups is 2. The minimum atomic E-state index is 0.236. The largest absolute Gasteiger partial charge is 0.506 e. The van der Waals surface area contributed by atoms with Crippen LogP contribution in [0, 0.1) is 0 Å². The summed E-state index contributed by atoms with van der Waals surface area (Å²) in [5, 5.41) is 25.3. The van der Waals surface area contributed by atoms with Crippen LogP contribution in [0.25, 0.3) is 0 Å². The number of anilines is 2. The second kappa shape index (κ2) is 5.82. The zero-order valence-corrected chi connectivity index (χ0v) is 9.93. The van der Waals surface area contributed by atoms with Gasteiger partial charge in [-0.3, -0.25) is 0 Å². The first-order valence-electron chi connectivity index (χ1n) is 5.81. The van der Waals surface area contributed by atoms with Crippen molar-refractivity contribution in [2.75, 3.05) is 23.7 Å². The predicted molar refractivity (Wildman–Crippen MR) is 73.2 cm³/mol. The van der Waals surface area contributed by atoms with Crippen molar-refractivity contribution < 1.29 is 10.2 Å². The van der Waals surface area contributed by atoms with Crippen LogP contribution in [-0.2, 0) is 0 Å². The van der Waals surface area contributed by atoms with Crippen molar-refractivity contribution in [2.45, 2.75) is 0 Å². The SMILES string of the molecule is Oc1ccccc1NCCNc1ccccc1O. The van der Waals surface area contributed by atoms with Gasteiger partial charge >= 0.3 is 0 Å². The third-order valence-corrected chi connectivity index (χ3v) is 2.56. The molecule has 0 saturated heterocycles. The Bertz CT molecular complexity index is 467. The molecule has 94 valence electrons. The zero-order chi connectivity index (χ0) is 12.8. The van der Waals surface area contributed by atoms with Crippen molar-refractivity contribution in [1.29, 1.82) is 0 Å². The number of para-hydroxylation sites is 4. The molecule has 0 aliphatic carbocycles. The van der Waals surface area contributed by atoms with Crippen LogP contribution in [0.5, 0.6) is 11.5 Å². The Kier molecular flexibility index (Phi) is 3.91. The maximum Gasteiger partial charge on any atom is 0.138 e. The van der Waals surface area contributed by atoms with Gasteiger partial charge in [0.15, 0.2) is 0 Å². The molecule has 2 rings (SSSR count). The molecule has 0 atom stereocenters. The van der Waals surface area contributed by atoms with Gasteiger partial charge in [-0.1, -0.05) is 24.3 Å². The number of hydrogen-bond donors (Lipinski definition) is 4. The Balaban J connectivity index is 1.80. The predicted octanol–water partition coefficient (Wildman–Crippen LogP) is 2.62. The smallest absolute Gasteiger partial charge is 0.138 e. The highest BCUT2D eigenvalue weighted by atomic mass is 16.3. The first kappa shape index (κ1) is 12.1. The minimum absolute atomic E-state index is 0.236. The number of phenolic OH excluding ortho intramolecular Hbond substituents is 2. The summed E-state index contributed by atoms with van der Waals surface area (Å²) in [5.41, 5.74) is 1.41. The maximum absolute atomic E-state index is 9.55. The van der Waals surface area contributed by atoms with Gasteiger partial charge in [-0.15, -0.1) is 0 Å². The quantitative estimate of drug-likeness (QED) is 0.482. The molecule has 18 heavy (non-hydrogen) atoms. The Morgan fingerprint density at radius 1 is 0.667 bits per heavy atom.